The van der Waals surface area contributed by atoms with Crippen molar-refractivity contribution < 1.29 is 19.1 Å². The van der Waals surface area contributed by atoms with Gasteiger partial charge in [-0.25, -0.2) is 4.79 Å². The normalized spacial score (nSPS) is 23.8. The van der Waals surface area contributed by atoms with Gasteiger partial charge in [0.15, 0.2) is 5.78 Å². The first-order valence-electron chi connectivity index (χ1n) is 10.5. The second kappa shape index (κ2) is 8.22. The maximum absolute atomic E-state index is 13.1. The average molecular weight is 412 g/mol. The van der Waals surface area contributed by atoms with Crippen LogP contribution in [-0.2, 0) is 21.6 Å². The molecule has 4 rings (SSSR count). The number of ketones is 1. The van der Waals surface area contributed by atoms with Gasteiger partial charge < -0.3 is 9.47 Å². The molecule has 2 unspecified atom stereocenters. The topological polar surface area (TPSA) is 73.7 Å². The van der Waals surface area contributed by atoms with Crippen LogP contribution in [0, 0.1) is 5.92 Å². The molecule has 0 saturated carbocycles. The lowest BCUT2D eigenvalue weighted by Crippen LogP contribution is -2.59. The lowest BCUT2D eigenvalue weighted by Gasteiger charge is -2.47. The third-order valence-electron chi connectivity index (χ3n) is 5.86. The summed E-state index contributed by atoms with van der Waals surface area (Å²) in [5.74, 6) is -0.0422. The number of carbonyl (C=O) groups excluding carboxylic acids is 2. The van der Waals surface area contributed by atoms with Gasteiger partial charge >= 0.3 is 6.09 Å². The summed E-state index contributed by atoms with van der Waals surface area (Å²) in [6.45, 7) is 7.26. The highest BCUT2D eigenvalue weighted by Gasteiger charge is 2.44. The Kier molecular flexibility index (Phi) is 5.64. The number of benzene rings is 1. The van der Waals surface area contributed by atoms with E-state index in [2.05, 4.69) is 25.9 Å². The molecule has 2 aliphatic rings. The molecule has 2 atom stereocenters. The van der Waals surface area contributed by atoms with Crippen LogP contribution < -0.4 is 0 Å². The summed E-state index contributed by atoms with van der Waals surface area (Å²) in [4.78, 5) is 27.7. The van der Waals surface area contributed by atoms with E-state index in [1.807, 2.05) is 41.2 Å². The highest BCUT2D eigenvalue weighted by atomic mass is 16.6. The van der Waals surface area contributed by atoms with Crippen LogP contribution in [0.4, 0.5) is 4.79 Å². The fraction of sp³-hybridized carbons (Fsp3) is 0.522. The lowest BCUT2D eigenvalue weighted by molar-refractivity contribution is -0.0755. The molecule has 2 aromatic rings. The van der Waals surface area contributed by atoms with E-state index in [9.17, 15) is 9.59 Å². The van der Waals surface area contributed by atoms with Crippen molar-refractivity contribution in [1.82, 2.24) is 14.7 Å². The van der Waals surface area contributed by atoms with E-state index in [4.69, 9.17) is 9.47 Å². The number of rotatable bonds is 4. The molecule has 2 fully saturated rings. The molecule has 2 aliphatic heterocycles. The van der Waals surface area contributed by atoms with E-state index in [0.29, 0.717) is 31.6 Å². The van der Waals surface area contributed by atoms with Gasteiger partial charge in [0, 0.05) is 12.1 Å². The number of piperidine rings is 1. The zero-order chi connectivity index (χ0) is 21.3. The monoisotopic (exact) mass is 411 g/mol. The number of carbonyl (C=O) groups is 2. The predicted octanol–water partition coefficient (Wildman–Crippen LogP) is 3.64. The van der Waals surface area contributed by atoms with Crippen molar-refractivity contribution >= 4 is 11.9 Å². The fourth-order valence-electron chi connectivity index (χ4n) is 4.27. The highest BCUT2D eigenvalue weighted by Crippen LogP contribution is 2.34. The minimum absolute atomic E-state index is 0.0969. The van der Waals surface area contributed by atoms with E-state index in [-0.39, 0.29) is 42.0 Å². The van der Waals surface area contributed by atoms with E-state index in [1.165, 1.54) is 0 Å². The van der Waals surface area contributed by atoms with Crippen molar-refractivity contribution in [3.63, 3.8) is 0 Å². The van der Waals surface area contributed by atoms with Crippen molar-refractivity contribution in [3.05, 3.63) is 53.9 Å². The number of amides is 1. The molecule has 2 bridgehead atoms. The molecule has 0 N–H and O–H groups in total. The number of hydrogen-bond acceptors (Lipinski definition) is 5. The lowest BCUT2D eigenvalue weighted by atomic mass is 9.81. The van der Waals surface area contributed by atoms with Crippen LogP contribution in [0.5, 0.6) is 0 Å². The minimum Gasteiger partial charge on any atom is -0.445 e. The summed E-state index contributed by atoms with van der Waals surface area (Å²) in [5.41, 5.74) is 1.41. The number of fused-ring (bicyclic) bond motifs is 2. The molecule has 7 heteroatoms. The fourth-order valence-corrected chi connectivity index (χ4v) is 4.27. The van der Waals surface area contributed by atoms with Crippen molar-refractivity contribution in [3.8, 4) is 0 Å². The van der Waals surface area contributed by atoms with Crippen molar-refractivity contribution in [2.45, 2.75) is 57.8 Å². The smallest absolute Gasteiger partial charge is 0.410 e. The first kappa shape index (κ1) is 20.6. The molecule has 1 aromatic carbocycles. The summed E-state index contributed by atoms with van der Waals surface area (Å²) in [6.07, 6.45) is 4.31. The van der Waals surface area contributed by atoms with Gasteiger partial charge in [-0.2, -0.15) is 5.10 Å². The van der Waals surface area contributed by atoms with Crippen LogP contribution in [0.1, 0.15) is 49.5 Å². The van der Waals surface area contributed by atoms with Gasteiger partial charge in [-0.3, -0.25) is 14.4 Å². The molecule has 2 saturated heterocycles. The van der Waals surface area contributed by atoms with Gasteiger partial charge in [0.25, 0.3) is 0 Å². The third kappa shape index (κ3) is 4.26. The van der Waals surface area contributed by atoms with Crippen LogP contribution in [-0.4, -0.2) is 51.9 Å². The Labute approximate surface area is 177 Å². The van der Waals surface area contributed by atoms with Crippen LogP contribution in [0.25, 0.3) is 0 Å². The first-order chi connectivity index (χ1) is 14.3. The number of Topliss-reactive ketones (excluding diaryl/α,β-unsaturated/α-hetero) is 1. The average Bonchev–Trinajstić information content (AvgIpc) is 3.22. The van der Waals surface area contributed by atoms with Gasteiger partial charge in [0.2, 0.25) is 0 Å². The Morgan fingerprint density at radius 2 is 1.80 bits per heavy atom. The molecule has 30 heavy (non-hydrogen) atoms. The van der Waals surface area contributed by atoms with Crippen LogP contribution >= 0.6 is 0 Å². The Morgan fingerprint density at radius 3 is 2.40 bits per heavy atom. The van der Waals surface area contributed by atoms with Gasteiger partial charge in [0.05, 0.1) is 42.6 Å². The second-order valence-corrected chi connectivity index (χ2v) is 9.17. The van der Waals surface area contributed by atoms with Crippen molar-refractivity contribution in [2.75, 3.05) is 13.2 Å². The predicted molar refractivity (Wildman–Crippen MR) is 111 cm³/mol. The molecule has 1 aromatic heterocycles. The molecule has 7 nitrogen and oxygen atoms in total. The maximum atomic E-state index is 13.1. The van der Waals surface area contributed by atoms with Crippen molar-refractivity contribution in [1.29, 1.82) is 0 Å². The van der Waals surface area contributed by atoms with Crippen LogP contribution in [0.2, 0.25) is 0 Å². The summed E-state index contributed by atoms with van der Waals surface area (Å²) in [6, 6.07) is 9.34. The van der Waals surface area contributed by atoms with E-state index < -0.39 is 0 Å². The summed E-state index contributed by atoms with van der Waals surface area (Å²) < 4.78 is 13.1. The Morgan fingerprint density at radius 1 is 1.13 bits per heavy atom. The van der Waals surface area contributed by atoms with Crippen LogP contribution in [0.15, 0.2) is 42.7 Å². The molecule has 3 heterocycles. The number of aromatic nitrogens is 2. The van der Waals surface area contributed by atoms with E-state index in [0.717, 1.165) is 5.56 Å². The molecule has 0 spiro atoms. The Hall–Kier alpha value is -2.67. The number of morpholine rings is 1. The van der Waals surface area contributed by atoms with Crippen LogP contribution in [0.3, 0.4) is 0 Å². The minimum atomic E-state index is -0.330. The molecule has 0 aliphatic carbocycles. The maximum Gasteiger partial charge on any atom is 0.410 e. The first-order valence-corrected chi connectivity index (χ1v) is 10.5. The molecular weight excluding hydrogens is 382 g/mol. The quantitative estimate of drug-likeness (QED) is 0.718. The number of ether oxygens (including phenoxy) is 2. The van der Waals surface area contributed by atoms with Gasteiger partial charge in [0.1, 0.15) is 6.61 Å². The van der Waals surface area contributed by atoms with Gasteiger partial charge in [-0.05, 0) is 39.2 Å². The number of hydrogen-bond donors (Lipinski definition) is 0. The Balaban J connectivity index is 1.42. The third-order valence-corrected chi connectivity index (χ3v) is 5.86. The zero-order valence-electron chi connectivity index (χ0n) is 17.8. The standard InChI is InChI=1S/C23H29N3O4/c1-23(2,3)25-12-18(11-24-25)21(27)17-9-19-14-29-15-20(10-17)26(19)22(28)30-13-16-7-5-4-6-8-16/h4-8,11-12,17,19-20H,9-10,13-15H2,1-3H3. The van der Waals surface area contributed by atoms with Crippen molar-refractivity contribution in [2.24, 2.45) is 5.92 Å². The largest absolute Gasteiger partial charge is 0.445 e. The van der Waals surface area contributed by atoms with E-state index >= 15 is 0 Å². The number of nitrogens with zero attached hydrogens (tertiary/aromatic N) is 3. The SMILES string of the molecule is CC(C)(C)n1cc(C(=O)C2CC3COCC(C2)N3C(=O)OCc2ccccc2)cn1. The Bertz CT molecular complexity index is 889. The van der Waals surface area contributed by atoms with Gasteiger partial charge in [-0.15, -0.1) is 0 Å². The summed E-state index contributed by atoms with van der Waals surface area (Å²) in [7, 11) is 0. The summed E-state index contributed by atoms with van der Waals surface area (Å²) in [5, 5.41) is 4.36. The van der Waals surface area contributed by atoms with E-state index in [1.54, 1.807) is 11.1 Å². The zero-order valence-corrected chi connectivity index (χ0v) is 17.8. The summed E-state index contributed by atoms with van der Waals surface area (Å²) >= 11 is 0. The molecule has 160 valence electrons. The highest BCUT2D eigenvalue weighted by molar-refractivity contribution is 5.97. The second-order valence-electron chi connectivity index (χ2n) is 9.17. The molecule has 1 amide bonds. The van der Waals surface area contributed by atoms with Gasteiger partial charge in [-0.1, -0.05) is 30.3 Å². The molecule has 0 radical (unpaired) electrons. The molecular formula is C23H29N3O4.